The molecule has 0 aliphatic heterocycles. The molecule has 0 saturated heterocycles. The smallest absolute Gasteiger partial charge is 0.233 e. The largest absolute Gasteiger partial charge is 0.343 e. The fraction of sp³-hybridized carbons (Fsp3) is 0.333. The maximum Gasteiger partial charge on any atom is 0.233 e. The molecule has 10 nitrogen and oxygen atoms in total. The number of carbonyl (C=O) groups excluding carboxylic acids is 2. The molecular formula is C18H21N7O3S. The molecule has 29 heavy (non-hydrogen) atoms. The van der Waals surface area contributed by atoms with Gasteiger partial charge in [-0.25, -0.2) is 4.63 Å². The summed E-state index contributed by atoms with van der Waals surface area (Å²) in [6.07, 6.45) is 0. The van der Waals surface area contributed by atoms with Gasteiger partial charge in [-0.05, 0) is 36.3 Å². The van der Waals surface area contributed by atoms with E-state index in [0.29, 0.717) is 24.1 Å². The molecular weight excluding hydrogens is 394 g/mol. The quantitative estimate of drug-likeness (QED) is 0.556. The highest BCUT2D eigenvalue weighted by atomic mass is 32.2. The number of nitrogens with one attached hydrogen (secondary N) is 1. The molecule has 0 aliphatic rings. The Kier molecular flexibility index (Phi) is 6.60. The molecule has 1 aromatic carbocycles. The van der Waals surface area contributed by atoms with E-state index in [1.807, 2.05) is 44.2 Å². The number of thioether (sulfide) groups is 1. The Morgan fingerprint density at radius 1 is 1.14 bits per heavy atom. The van der Waals surface area contributed by atoms with Gasteiger partial charge in [0.15, 0.2) is 16.7 Å². The first-order valence-corrected chi connectivity index (χ1v) is 10.1. The van der Waals surface area contributed by atoms with E-state index in [-0.39, 0.29) is 29.1 Å². The van der Waals surface area contributed by atoms with Crippen molar-refractivity contribution < 1.29 is 14.2 Å². The lowest BCUT2D eigenvalue weighted by Gasteiger charge is -2.18. The summed E-state index contributed by atoms with van der Waals surface area (Å²) in [6.45, 7) is 6.55. The zero-order valence-electron chi connectivity index (χ0n) is 16.3. The van der Waals surface area contributed by atoms with Crippen molar-refractivity contribution in [2.24, 2.45) is 0 Å². The van der Waals surface area contributed by atoms with Crippen LogP contribution in [0.15, 0.2) is 40.1 Å². The molecule has 2 aromatic heterocycles. The fourth-order valence-corrected chi connectivity index (χ4v) is 3.56. The fourth-order valence-electron chi connectivity index (χ4n) is 2.70. The van der Waals surface area contributed by atoms with E-state index in [4.69, 9.17) is 4.63 Å². The van der Waals surface area contributed by atoms with Crippen molar-refractivity contribution in [3.05, 3.63) is 30.3 Å². The minimum Gasteiger partial charge on any atom is -0.343 e. The average molecular weight is 415 g/mol. The topological polar surface area (TPSA) is 119 Å². The van der Waals surface area contributed by atoms with Crippen LogP contribution in [0.25, 0.3) is 17.2 Å². The zero-order chi connectivity index (χ0) is 20.8. The lowest BCUT2D eigenvalue weighted by molar-refractivity contribution is -0.128. The number of nitrogens with zero attached hydrogens (tertiary/aromatic N) is 6. The number of para-hydroxylation sites is 1. The van der Waals surface area contributed by atoms with Crippen LogP contribution in [0.2, 0.25) is 0 Å². The van der Waals surface area contributed by atoms with Gasteiger partial charge in [0.25, 0.3) is 0 Å². The van der Waals surface area contributed by atoms with Crippen LogP contribution >= 0.6 is 11.8 Å². The lowest BCUT2D eigenvalue weighted by atomic mass is 10.3. The summed E-state index contributed by atoms with van der Waals surface area (Å²) < 4.78 is 6.55. The summed E-state index contributed by atoms with van der Waals surface area (Å²) in [7, 11) is 0. The van der Waals surface area contributed by atoms with Crippen molar-refractivity contribution >= 4 is 29.4 Å². The van der Waals surface area contributed by atoms with E-state index in [1.165, 1.54) is 18.7 Å². The Morgan fingerprint density at radius 3 is 2.52 bits per heavy atom. The van der Waals surface area contributed by atoms with Gasteiger partial charge in [-0.1, -0.05) is 30.0 Å². The molecule has 0 bridgehead atoms. The molecule has 3 aromatic rings. The van der Waals surface area contributed by atoms with Crippen LogP contribution < -0.4 is 5.32 Å². The molecule has 0 atom stereocenters. The van der Waals surface area contributed by atoms with E-state index < -0.39 is 0 Å². The Balaban J connectivity index is 1.98. The molecule has 0 spiro atoms. The molecule has 0 saturated carbocycles. The maximum atomic E-state index is 12.4. The van der Waals surface area contributed by atoms with Crippen molar-refractivity contribution in [1.82, 2.24) is 30.0 Å². The van der Waals surface area contributed by atoms with Crippen molar-refractivity contribution in [2.75, 3.05) is 24.2 Å². The van der Waals surface area contributed by atoms with Crippen LogP contribution in [0.1, 0.15) is 20.8 Å². The highest BCUT2D eigenvalue weighted by molar-refractivity contribution is 7.99. The van der Waals surface area contributed by atoms with Gasteiger partial charge in [0, 0.05) is 25.7 Å². The van der Waals surface area contributed by atoms with Gasteiger partial charge in [0.1, 0.15) is 0 Å². The van der Waals surface area contributed by atoms with Gasteiger partial charge < -0.3 is 10.2 Å². The van der Waals surface area contributed by atoms with Crippen LogP contribution in [-0.4, -0.2) is 60.6 Å². The van der Waals surface area contributed by atoms with Crippen molar-refractivity contribution in [1.29, 1.82) is 0 Å². The number of hydrogen-bond donors (Lipinski definition) is 1. The third-order valence-corrected chi connectivity index (χ3v) is 5.00. The predicted octanol–water partition coefficient (Wildman–Crippen LogP) is 2.24. The van der Waals surface area contributed by atoms with E-state index in [2.05, 4.69) is 25.8 Å². The average Bonchev–Trinajstić information content (AvgIpc) is 3.33. The summed E-state index contributed by atoms with van der Waals surface area (Å²) in [5.41, 5.74) is 1.03. The normalized spacial score (nSPS) is 10.7. The lowest BCUT2D eigenvalue weighted by Crippen LogP contribution is -2.31. The Hall–Kier alpha value is -3.21. The minimum absolute atomic E-state index is 0.0196. The van der Waals surface area contributed by atoms with Crippen LogP contribution in [0.4, 0.5) is 5.82 Å². The predicted molar refractivity (Wildman–Crippen MR) is 108 cm³/mol. The highest BCUT2D eigenvalue weighted by Crippen LogP contribution is 2.30. The summed E-state index contributed by atoms with van der Waals surface area (Å²) in [4.78, 5) is 25.6. The Bertz CT molecular complexity index is 983. The van der Waals surface area contributed by atoms with Crippen molar-refractivity contribution in [2.45, 2.75) is 25.9 Å². The third kappa shape index (κ3) is 4.62. The summed E-state index contributed by atoms with van der Waals surface area (Å²) in [5, 5.41) is 19.1. The van der Waals surface area contributed by atoms with E-state index in [9.17, 15) is 9.59 Å². The first-order chi connectivity index (χ1) is 14.0. The minimum atomic E-state index is -0.313. The van der Waals surface area contributed by atoms with Crippen LogP contribution in [-0.2, 0) is 9.59 Å². The molecule has 11 heteroatoms. The van der Waals surface area contributed by atoms with Crippen LogP contribution in [0.5, 0.6) is 0 Å². The van der Waals surface area contributed by atoms with Crippen LogP contribution in [0, 0.1) is 0 Å². The number of rotatable bonds is 8. The molecule has 0 fully saturated rings. The molecule has 152 valence electrons. The second-order valence-corrected chi connectivity index (χ2v) is 6.92. The summed E-state index contributed by atoms with van der Waals surface area (Å²) in [5.74, 6) is 0.428. The summed E-state index contributed by atoms with van der Waals surface area (Å²) in [6, 6.07) is 9.42. The highest BCUT2D eigenvalue weighted by Gasteiger charge is 2.24. The van der Waals surface area contributed by atoms with Crippen molar-refractivity contribution in [3.63, 3.8) is 0 Å². The van der Waals surface area contributed by atoms with Gasteiger partial charge in [-0.2, -0.15) is 0 Å². The van der Waals surface area contributed by atoms with Gasteiger partial charge in [0.2, 0.25) is 17.6 Å². The van der Waals surface area contributed by atoms with Gasteiger partial charge in [0.05, 0.1) is 5.75 Å². The first-order valence-electron chi connectivity index (χ1n) is 9.07. The monoisotopic (exact) mass is 415 g/mol. The van der Waals surface area contributed by atoms with Gasteiger partial charge >= 0.3 is 0 Å². The summed E-state index contributed by atoms with van der Waals surface area (Å²) >= 11 is 1.28. The second kappa shape index (κ2) is 9.32. The molecule has 2 heterocycles. The number of carbonyl (C=O) groups is 2. The van der Waals surface area contributed by atoms with Crippen LogP contribution in [0.3, 0.4) is 0 Å². The maximum absolute atomic E-state index is 12.4. The standard InChI is InChI=1S/C18H21N7O3S/c1-4-24(5-2)14(27)11-29-18-21-20-17(25(18)13-9-7-6-8-10-13)15-16(19-12(3)26)23-28-22-15/h6-10H,4-5,11H2,1-3H3,(H,19,23,26). The third-order valence-electron chi connectivity index (χ3n) is 4.08. The molecule has 3 rings (SSSR count). The van der Waals surface area contributed by atoms with Gasteiger partial charge in [-0.15, -0.1) is 10.2 Å². The number of amides is 2. The molecule has 0 radical (unpaired) electrons. The molecule has 0 unspecified atom stereocenters. The van der Waals surface area contributed by atoms with Gasteiger partial charge in [-0.3, -0.25) is 14.2 Å². The number of anilines is 1. The second-order valence-electron chi connectivity index (χ2n) is 5.97. The Labute approximate surface area is 171 Å². The number of aromatic nitrogens is 5. The Morgan fingerprint density at radius 2 is 1.86 bits per heavy atom. The van der Waals surface area contributed by atoms with E-state index in [1.54, 1.807) is 9.47 Å². The van der Waals surface area contributed by atoms with E-state index >= 15 is 0 Å². The molecule has 2 amide bonds. The number of benzene rings is 1. The molecule has 0 aliphatic carbocycles. The molecule has 1 N–H and O–H groups in total. The zero-order valence-corrected chi connectivity index (χ0v) is 17.1. The first kappa shape index (κ1) is 20.5. The van der Waals surface area contributed by atoms with E-state index in [0.717, 1.165) is 5.69 Å². The van der Waals surface area contributed by atoms with Crippen molar-refractivity contribution in [3.8, 4) is 17.2 Å². The number of hydrogen-bond acceptors (Lipinski definition) is 8. The SMILES string of the molecule is CCN(CC)C(=O)CSc1nnc(-c2nonc2NC(C)=O)n1-c1ccccc1.